The lowest BCUT2D eigenvalue weighted by molar-refractivity contribution is 0.299. The van der Waals surface area contributed by atoms with E-state index < -0.39 is 10.0 Å². The van der Waals surface area contributed by atoms with Crippen LogP contribution in [-0.2, 0) is 16.4 Å². The van der Waals surface area contributed by atoms with Gasteiger partial charge in [0.05, 0.1) is 6.26 Å². The normalized spacial score (nSPS) is 11.3. The van der Waals surface area contributed by atoms with Gasteiger partial charge in [-0.2, -0.15) is 0 Å². The van der Waals surface area contributed by atoms with Gasteiger partial charge in [-0.3, -0.25) is 4.72 Å². The summed E-state index contributed by atoms with van der Waals surface area (Å²) in [7, 11) is -3.20. The summed E-state index contributed by atoms with van der Waals surface area (Å²) in [6.07, 6.45) is 1.69. The minimum Gasteiger partial charge on any atom is -0.396 e. The van der Waals surface area contributed by atoms with Crippen LogP contribution in [0.2, 0.25) is 0 Å². The Morgan fingerprint density at radius 1 is 1.29 bits per heavy atom. The van der Waals surface area contributed by atoms with Gasteiger partial charge in [0, 0.05) is 12.3 Å². The van der Waals surface area contributed by atoms with Crippen molar-refractivity contribution in [1.82, 2.24) is 0 Å². The van der Waals surface area contributed by atoms with Crippen LogP contribution in [0.5, 0.6) is 0 Å². The molecular formula is C9H13NO3S. The van der Waals surface area contributed by atoms with E-state index in [2.05, 4.69) is 4.72 Å². The van der Waals surface area contributed by atoms with Gasteiger partial charge in [-0.1, -0.05) is 12.1 Å². The average Bonchev–Trinajstić information content (AvgIpc) is 2.06. The predicted octanol–water partition coefficient (Wildman–Crippen LogP) is 0.593. The Labute approximate surface area is 83.6 Å². The SMILES string of the molecule is CS(=O)(=O)Nc1ccc(CCO)cc1. The second-order valence-electron chi connectivity index (χ2n) is 3.04. The quantitative estimate of drug-likeness (QED) is 0.772. The first-order valence-corrected chi connectivity index (χ1v) is 6.08. The largest absolute Gasteiger partial charge is 0.396 e. The zero-order valence-electron chi connectivity index (χ0n) is 7.90. The van der Waals surface area contributed by atoms with Crippen molar-refractivity contribution >= 4 is 15.7 Å². The van der Waals surface area contributed by atoms with Gasteiger partial charge in [-0.05, 0) is 24.1 Å². The fraction of sp³-hybridized carbons (Fsp3) is 0.333. The number of aliphatic hydroxyl groups excluding tert-OH is 1. The monoisotopic (exact) mass is 215 g/mol. The fourth-order valence-corrected chi connectivity index (χ4v) is 1.65. The van der Waals surface area contributed by atoms with Crippen molar-refractivity contribution in [2.75, 3.05) is 17.6 Å². The van der Waals surface area contributed by atoms with Gasteiger partial charge < -0.3 is 5.11 Å². The van der Waals surface area contributed by atoms with Gasteiger partial charge in [0.2, 0.25) is 10.0 Å². The molecule has 4 nitrogen and oxygen atoms in total. The zero-order chi connectivity index (χ0) is 10.6. The molecule has 1 aromatic carbocycles. The summed E-state index contributed by atoms with van der Waals surface area (Å²) in [4.78, 5) is 0. The minimum absolute atomic E-state index is 0.0961. The molecule has 1 aromatic rings. The molecule has 78 valence electrons. The smallest absolute Gasteiger partial charge is 0.229 e. The van der Waals surface area contributed by atoms with E-state index in [9.17, 15) is 8.42 Å². The van der Waals surface area contributed by atoms with Gasteiger partial charge in [-0.25, -0.2) is 8.42 Å². The summed E-state index contributed by atoms with van der Waals surface area (Å²) in [5.74, 6) is 0. The minimum atomic E-state index is -3.20. The first-order chi connectivity index (χ1) is 6.51. The zero-order valence-corrected chi connectivity index (χ0v) is 8.71. The van der Waals surface area contributed by atoms with Crippen molar-refractivity contribution in [3.05, 3.63) is 29.8 Å². The summed E-state index contributed by atoms with van der Waals surface area (Å²) in [6, 6.07) is 6.91. The van der Waals surface area contributed by atoms with E-state index in [4.69, 9.17) is 5.11 Å². The van der Waals surface area contributed by atoms with Crippen LogP contribution >= 0.6 is 0 Å². The summed E-state index contributed by atoms with van der Waals surface area (Å²) in [5, 5.41) is 8.66. The standard InChI is InChI=1S/C9H13NO3S/c1-14(12,13)10-9-4-2-8(3-5-9)6-7-11/h2-5,10-11H,6-7H2,1H3. The molecule has 0 aliphatic carbocycles. The summed E-state index contributed by atoms with van der Waals surface area (Å²) >= 11 is 0. The van der Waals surface area contributed by atoms with E-state index in [1.54, 1.807) is 24.3 Å². The number of sulfonamides is 1. The van der Waals surface area contributed by atoms with Gasteiger partial charge in [0.25, 0.3) is 0 Å². The Morgan fingerprint density at radius 3 is 2.29 bits per heavy atom. The number of rotatable bonds is 4. The Balaban J connectivity index is 2.74. The number of hydrogen-bond donors (Lipinski definition) is 2. The van der Waals surface area contributed by atoms with Crippen molar-refractivity contribution < 1.29 is 13.5 Å². The third kappa shape index (κ3) is 3.76. The average molecular weight is 215 g/mol. The molecule has 0 aliphatic heterocycles. The molecule has 0 radical (unpaired) electrons. The number of anilines is 1. The molecule has 0 amide bonds. The molecule has 14 heavy (non-hydrogen) atoms. The maximum Gasteiger partial charge on any atom is 0.229 e. The molecular weight excluding hydrogens is 202 g/mol. The number of hydrogen-bond acceptors (Lipinski definition) is 3. The maximum atomic E-state index is 10.9. The first-order valence-electron chi connectivity index (χ1n) is 4.19. The van der Waals surface area contributed by atoms with E-state index in [-0.39, 0.29) is 6.61 Å². The molecule has 0 aliphatic rings. The lowest BCUT2D eigenvalue weighted by Gasteiger charge is -2.04. The van der Waals surface area contributed by atoms with E-state index in [1.807, 2.05) is 0 Å². The third-order valence-corrected chi connectivity index (χ3v) is 2.26. The van der Waals surface area contributed by atoms with Crippen LogP contribution in [-0.4, -0.2) is 26.4 Å². The molecule has 0 saturated carbocycles. The van der Waals surface area contributed by atoms with E-state index >= 15 is 0 Å². The molecule has 0 unspecified atom stereocenters. The molecule has 0 atom stereocenters. The van der Waals surface area contributed by atoms with Crippen molar-refractivity contribution in [2.24, 2.45) is 0 Å². The highest BCUT2D eigenvalue weighted by Crippen LogP contribution is 2.10. The molecule has 0 aromatic heterocycles. The van der Waals surface area contributed by atoms with E-state index in [0.29, 0.717) is 12.1 Å². The van der Waals surface area contributed by atoms with E-state index in [0.717, 1.165) is 11.8 Å². The molecule has 1 rings (SSSR count). The summed E-state index contributed by atoms with van der Waals surface area (Å²) in [6.45, 7) is 0.0961. The number of benzene rings is 1. The third-order valence-electron chi connectivity index (χ3n) is 1.66. The number of aliphatic hydroxyl groups is 1. The molecule has 0 fully saturated rings. The maximum absolute atomic E-state index is 10.9. The van der Waals surface area contributed by atoms with Crippen molar-refractivity contribution in [3.8, 4) is 0 Å². The Hall–Kier alpha value is -1.07. The van der Waals surface area contributed by atoms with Gasteiger partial charge in [0.15, 0.2) is 0 Å². The summed E-state index contributed by atoms with van der Waals surface area (Å²) in [5.41, 5.74) is 1.51. The van der Waals surface area contributed by atoms with Crippen LogP contribution < -0.4 is 4.72 Å². The molecule has 0 saturated heterocycles. The Morgan fingerprint density at radius 2 is 1.86 bits per heavy atom. The molecule has 0 bridgehead atoms. The second kappa shape index (κ2) is 4.43. The van der Waals surface area contributed by atoms with Gasteiger partial charge in [0.1, 0.15) is 0 Å². The van der Waals surface area contributed by atoms with Crippen LogP contribution in [0.3, 0.4) is 0 Å². The molecule has 2 N–H and O–H groups in total. The summed E-state index contributed by atoms with van der Waals surface area (Å²) < 4.78 is 24.1. The molecule has 0 heterocycles. The molecule has 0 spiro atoms. The topological polar surface area (TPSA) is 66.4 Å². The lowest BCUT2D eigenvalue weighted by Crippen LogP contribution is -2.09. The molecule has 5 heteroatoms. The highest BCUT2D eigenvalue weighted by atomic mass is 32.2. The van der Waals surface area contributed by atoms with Gasteiger partial charge in [-0.15, -0.1) is 0 Å². The van der Waals surface area contributed by atoms with Crippen LogP contribution in [0.25, 0.3) is 0 Å². The van der Waals surface area contributed by atoms with Crippen molar-refractivity contribution in [3.63, 3.8) is 0 Å². The van der Waals surface area contributed by atoms with Crippen LogP contribution in [0.1, 0.15) is 5.56 Å². The lowest BCUT2D eigenvalue weighted by atomic mass is 10.1. The van der Waals surface area contributed by atoms with E-state index in [1.165, 1.54) is 0 Å². The van der Waals surface area contributed by atoms with Crippen molar-refractivity contribution in [1.29, 1.82) is 0 Å². The van der Waals surface area contributed by atoms with Gasteiger partial charge >= 0.3 is 0 Å². The number of nitrogens with one attached hydrogen (secondary N) is 1. The highest BCUT2D eigenvalue weighted by molar-refractivity contribution is 7.92. The fourth-order valence-electron chi connectivity index (χ4n) is 1.08. The highest BCUT2D eigenvalue weighted by Gasteiger charge is 2.00. The van der Waals surface area contributed by atoms with Crippen molar-refractivity contribution in [2.45, 2.75) is 6.42 Å². The Kier molecular flexibility index (Phi) is 3.49. The van der Waals surface area contributed by atoms with Crippen LogP contribution in [0.15, 0.2) is 24.3 Å². The van der Waals surface area contributed by atoms with Crippen LogP contribution in [0, 0.1) is 0 Å². The van der Waals surface area contributed by atoms with Crippen LogP contribution in [0.4, 0.5) is 5.69 Å². The predicted molar refractivity (Wildman–Crippen MR) is 55.7 cm³/mol. The Bertz CT molecular complexity index is 383. The second-order valence-corrected chi connectivity index (χ2v) is 4.79. The first kappa shape index (κ1) is 11.0.